The number of rotatable bonds is 6. The summed E-state index contributed by atoms with van der Waals surface area (Å²) < 4.78 is 1.66. The Labute approximate surface area is 148 Å². The number of para-hydroxylation sites is 1. The summed E-state index contributed by atoms with van der Waals surface area (Å²) in [5.74, 6) is -0.283. The number of hydrogen-bond acceptors (Lipinski definition) is 6. The molecule has 1 N–H and O–H groups in total. The van der Waals surface area contributed by atoms with Crippen LogP contribution >= 0.6 is 0 Å². The molecule has 26 heavy (non-hydrogen) atoms. The maximum absolute atomic E-state index is 12.0. The van der Waals surface area contributed by atoms with Gasteiger partial charge in [0.1, 0.15) is 5.52 Å². The maximum atomic E-state index is 12.0. The van der Waals surface area contributed by atoms with Crippen LogP contribution in [0.15, 0.2) is 53.6 Å². The zero-order chi connectivity index (χ0) is 18.5. The van der Waals surface area contributed by atoms with Crippen LogP contribution in [0.3, 0.4) is 0 Å². The van der Waals surface area contributed by atoms with Gasteiger partial charge >= 0.3 is 0 Å². The molecule has 3 rings (SSSR count). The zero-order valence-corrected chi connectivity index (χ0v) is 14.0. The van der Waals surface area contributed by atoms with Gasteiger partial charge in [-0.25, -0.2) is 10.1 Å². The molecule has 0 unspecified atom stereocenters. The Balaban J connectivity index is 1.60. The zero-order valence-electron chi connectivity index (χ0n) is 14.0. The number of hydrazone groups is 1. The van der Waals surface area contributed by atoms with E-state index in [1.165, 1.54) is 12.1 Å². The Morgan fingerprint density at radius 1 is 1.27 bits per heavy atom. The van der Waals surface area contributed by atoms with Gasteiger partial charge in [-0.15, -0.1) is 5.10 Å². The smallest absolute Gasteiger partial charge is 0.270 e. The van der Waals surface area contributed by atoms with Gasteiger partial charge in [-0.1, -0.05) is 29.5 Å². The fourth-order valence-electron chi connectivity index (χ4n) is 2.40. The molecule has 0 saturated carbocycles. The molecule has 9 nitrogen and oxygen atoms in total. The van der Waals surface area contributed by atoms with Crippen molar-refractivity contribution in [1.29, 1.82) is 0 Å². The fourth-order valence-corrected chi connectivity index (χ4v) is 2.40. The molecule has 0 bridgehead atoms. The highest BCUT2D eigenvalue weighted by atomic mass is 16.6. The number of nitro groups is 1. The molecule has 0 fully saturated rings. The number of nitro benzene ring substituents is 1. The molecule has 0 spiro atoms. The Hall–Kier alpha value is -3.62. The van der Waals surface area contributed by atoms with Crippen LogP contribution in [0, 0.1) is 10.1 Å². The average Bonchev–Trinajstić information content (AvgIpc) is 3.07. The van der Waals surface area contributed by atoms with E-state index in [0.717, 1.165) is 11.0 Å². The lowest BCUT2D eigenvalue weighted by atomic mass is 10.1. The summed E-state index contributed by atoms with van der Waals surface area (Å²) in [4.78, 5) is 22.3. The fraction of sp³-hybridized carbons (Fsp3) is 0.176. The van der Waals surface area contributed by atoms with E-state index in [1.54, 1.807) is 23.7 Å². The third-order valence-electron chi connectivity index (χ3n) is 3.79. The van der Waals surface area contributed by atoms with E-state index in [9.17, 15) is 14.9 Å². The van der Waals surface area contributed by atoms with Gasteiger partial charge in [0.25, 0.3) is 5.69 Å². The normalized spacial score (nSPS) is 11.5. The Bertz CT molecular complexity index is 995. The molecule has 1 aromatic heterocycles. The van der Waals surface area contributed by atoms with Crippen LogP contribution in [0.2, 0.25) is 0 Å². The first-order valence-corrected chi connectivity index (χ1v) is 7.91. The largest absolute Gasteiger partial charge is 0.273 e. The highest BCUT2D eigenvalue weighted by Crippen LogP contribution is 2.13. The van der Waals surface area contributed by atoms with Crippen LogP contribution in [-0.4, -0.2) is 31.5 Å². The van der Waals surface area contributed by atoms with E-state index in [-0.39, 0.29) is 18.0 Å². The Morgan fingerprint density at radius 2 is 2.08 bits per heavy atom. The number of fused-ring (bicyclic) bond motifs is 1. The maximum Gasteiger partial charge on any atom is 0.270 e. The molecule has 3 aromatic rings. The summed E-state index contributed by atoms with van der Waals surface area (Å²) in [5, 5.41) is 22.9. The summed E-state index contributed by atoms with van der Waals surface area (Å²) in [5.41, 5.74) is 5.11. The van der Waals surface area contributed by atoms with E-state index < -0.39 is 4.92 Å². The first kappa shape index (κ1) is 17.2. The summed E-state index contributed by atoms with van der Waals surface area (Å²) in [6, 6.07) is 13.6. The number of amides is 1. The molecular formula is C17H16N6O3. The first-order valence-electron chi connectivity index (χ1n) is 7.91. The minimum Gasteiger partial charge on any atom is -0.273 e. The number of aryl methyl sites for hydroxylation is 1. The molecule has 2 aromatic carbocycles. The number of nitrogens with zero attached hydrogens (tertiary/aromatic N) is 5. The first-order chi connectivity index (χ1) is 12.5. The molecule has 0 aliphatic carbocycles. The van der Waals surface area contributed by atoms with Gasteiger partial charge in [0, 0.05) is 24.1 Å². The van der Waals surface area contributed by atoms with Crippen molar-refractivity contribution in [3.63, 3.8) is 0 Å². The molecule has 0 aliphatic rings. The number of non-ortho nitro benzene ring substituents is 1. The van der Waals surface area contributed by atoms with E-state index in [2.05, 4.69) is 20.8 Å². The summed E-state index contributed by atoms with van der Waals surface area (Å²) in [6.07, 6.45) is 0.180. The summed E-state index contributed by atoms with van der Waals surface area (Å²) >= 11 is 0. The van der Waals surface area contributed by atoms with E-state index >= 15 is 0 Å². The van der Waals surface area contributed by atoms with Crippen molar-refractivity contribution < 1.29 is 9.72 Å². The van der Waals surface area contributed by atoms with Crippen molar-refractivity contribution in [2.45, 2.75) is 19.9 Å². The molecule has 1 amide bonds. The van der Waals surface area contributed by atoms with Crippen molar-refractivity contribution >= 4 is 28.3 Å². The van der Waals surface area contributed by atoms with Crippen molar-refractivity contribution in [2.75, 3.05) is 0 Å². The topological polar surface area (TPSA) is 115 Å². The van der Waals surface area contributed by atoms with Crippen LogP contribution in [0.25, 0.3) is 11.0 Å². The molecule has 0 atom stereocenters. The highest BCUT2D eigenvalue weighted by molar-refractivity contribution is 5.99. The number of hydrogen-bond donors (Lipinski definition) is 1. The van der Waals surface area contributed by atoms with Crippen LogP contribution in [0.1, 0.15) is 18.9 Å². The minimum atomic E-state index is -0.474. The van der Waals surface area contributed by atoms with E-state index in [1.807, 2.05) is 24.3 Å². The van der Waals surface area contributed by atoms with Gasteiger partial charge in [0.2, 0.25) is 5.91 Å². The molecule has 1 heterocycles. The predicted octanol–water partition coefficient (Wildman–Crippen LogP) is 2.27. The van der Waals surface area contributed by atoms with Gasteiger partial charge in [-0.05, 0) is 19.1 Å². The van der Waals surface area contributed by atoms with Crippen LogP contribution in [-0.2, 0) is 11.3 Å². The van der Waals surface area contributed by atoms with Crippen molar-refractivity contribution in [1.82, 2.24) is 20.4 Å². The predicted molar refractivity (Wildman–Crippen MR) is 95.6 cm³/mol. The lowest BCUT2D eigenvalue weighted by Gasteiger charge is -2.04. The SMILES string of the molecule is C/C(=N/NC(=O)CCn1nnc2ccccc21)c1cccc([N+](=O)[O-])c1. The van der Waals surface area contributed by atoms with Crippen molar-refractivity contribution in [2.24, 2.45) is 5.10 Å². The number of carbonyl (C=O) groups excluding carboxylic acids is 1. The number of aromatic nitrogens is 3. The van der Waals surface area contributed by atoms with E-state index in [0.29, 0.717) is 17.8 Å². The number of benzene rings is 2. The molecule has 132 valence electrons. The van der Waals surface area contributed by atoms with Crippen LogP contribution in [0.5, 0.6) is 0 Å². The highest BCUT2D eigenvalue weighted by Gasteiger charge is 2.09. The number of nitrogens with one attached hydrogen (secondary N) is 1. The van der Waals surface area contributed by atoms with Crippen molar-refractivity contribution in [3.05, 3.63) is 64.2 Å². The number of carbonyl (C=O) groups is 1. The molecular weight excluding hydrogens is 336 g/mol. The Kier molecular flexibility index (Phi) is 4.97. The molecule has 9 heteroatoms. The van der Waals surface area contributed by atoms with Crippen LogP contribution < -0.4 is 5.43 Å². The molecule has 0 radical (unpaired) electrons. The van der Waals surface area contributed by atoms with Gasteiger partial charge < -0.3 is 0 Å². The third-order valence-corrected chi connectivity index (χ3v) is 3.79. The summed E-state index contributed by atoms with van der Waals surface area (Å²) in [7, 11) is 0. The van der Waals surface area contributed by atoms with Gasteiger partial charge in [0.05, 0.1) is 22.7 Å². The lowest BCUT2D eigenvalue weighted by Crippen LogP contribution is -2.21. The molecule has 0 saturated heterocycles. The van der Waals surface area contributed by atoms with Gasteiger partial charge in [-0.3, -0.25) is 14.9 Å². The lowest BCUT2D eigenvalue weighted by molar-refractivity contribution is -0.384. The van der Waals surface area contributed by atoms with Gasteiger partial charge in [0.15, 0.2) is 0 Å². The minimum absolute atomic E-state index is 0.0264. The van der Waals surface area contributed by atoms with Crippen molar-refractivity contribution in [3.8, 4) is 0 Å². The Morgan fingerprint density at radius 3 is 2.88 bits per heavy atom. The molecule has 0 aliphatic heterocycles. The second-order valence-electron chi connectivity index (χ2n) is 5.59. The second-order valence-corrected chi connectivity index (χ2v) is 5.59. The monoisotopic (exact) mass is 352 g/mol. The third kappa shape index (κ3) is 3.89. The average molecular weight is 352 g/mol. The second kappa shape index (κ2) is 7.51. The van der Waals surface area contributed by atoms with E-state index in [4.69, 9.17) is 0 Å². The standard InChI is InChI=1S/C17H16N6O3/c1-12(13-5-4-6-14(11-13)23(25)26)18-20-17(24)9-10-22-16-8-3-2-7-15(16)19-21-22/h2-8,11H,9-10H2,1H3,(H,20,24)/b18-12-. The van der Waals surface area contributed by atoms with Gasteiger partial charge in [-0.2, -0.15) is 5.10 Å². The summed E-state index contributed by atoms with van der Waals surface area (Å²) in [6.45, 7) is 2.04. The quantitative estimate of drug-likeness (QED) is 0.415. The van der Waals surface area contributed by atoms with Crippen LogP contribution in [0.4, 0.5) is 5.69 Å².